The summed E-state index contributed by atoms with van der Waals surface area (Å²) in [6.45, 7) is 9.39. The van der Waals surface area contributed by atoms with Crippen molar-refractivity contribution in [3.8, 4) is 0 Å². The van der Waals surface area contributed by atoms with Gasteiger partial charge in [0, 0.05) is 5.54 Å². The van der Waals surface area contributed by atoms with Crippen molar-refractivity contribution >= 4 is 12.4 Å². The average Bonchev–Trinajstić information content (AvgIpc) is 2.37. The summed E-state index contributed by atoms with van der Waals surface area (Å²) in [5, 5.41) is 0. The number of hydrogen-bond donors (Lipinski definition) is 0. The Morgan fingerprint density at radius 2 is 2.00 bits per heavy atom. The van der Waals surface area contributed by atoms with Crippen LogP contribution in [0.15, 0.2) is 0 Å². The first kappa shape index (κ1) is 13.0. The first-order valence-corrected chi connectivity index (χ1v) is 5.65. The van der Waals surface area contributed by atoms with Gasteiger partial charge in [0.05, 0.1) is 6.04 Å². The molecule has 1 saturated heterocycles. The predicted molar refractivity (Wildman–Crippen MR) is 61.2 cm³/mol. The van der Waals surface area contributed by atoms with Crippen molar-refractivity contribution in [1.82, 2.24) is 4.90 Å². The third-order valence-electron chi connectivity index (χ3n) is 2.78. The van der Waals surface area contributed by atoms with Crippen LogP contribution in [-0.4, -0.2) is 34.5 Å². The maximum Gasteiger partial charge on any atom is 0.411 e. The SMILES string of the molecule is CC(C)(C)OC(=O)N1C(C=O)CCC1(C)C. The molecule has 0 spiro atoms. The standard InChI is InChI=1S/C12H21NO3/c1-11(2,3)16-10(15)13-9(8-14)6-7-12(13,4)5/h8-9H,6-7H2,1-5H3. The number of ether oxygens (including phenoxy) is 1. The molecule has 0 radical (unpaired) electrons. The van der Waals surface area contributed by atoms with Crippen molar-refractivity contribution in [2.75, 3.05) is 0 Å². The Morgan fingerprint density at radius 3 is 2.44 bits per heavy atom. The molecule has 4 nitrogen and oxygen atoms in total. The number of aldehydes is 1. The predicted octanol–water partition coefficient (Wildman–Crippen LogP) is 2.36. The lowest BCUT2D eigenvalue weighted by molar-refractivity contribution is -0.112. The fourth-order valence-corrected chi connectivity index (χ4v) is 2.02. The molecule has 1 rings (SSSR count). The Balaban J connectivity index is 2.83. The quantitative estimate of drug-likeness (QED) is 0.646. The Bertz CT molecular complexity index is 291. The van der Waals surface area contributed by atoms with E-state index in [4.69, 9.17) is 4.74 Å². The molecule has 1 fully saturated rings. The number of carbonyl (C=O) groups is 2. The molecule has 4 heteroatoms. The van der Waals surface area contributed by atoms with Gasteiger partial charge in [0.15, 0.2) is 0 Å². The van der Waals surface area contributed by atoms with E-state index >= 15 is 0 Å². The second kappa shape index (κ2) is 4.07. The van der Waals surface area contributed by atoms with Gasteiger partial charge in [0.1, 0.15) is 11.9 Å². The third-order valence-corrected chi connectivity index (χ3v) is 2.78. The highest BCUT2D eigenvalue weighted by Crippen LogP contribution is 2.33. The van der Waals surface area contributed by atoms with Crippen LogP contribution in [0.5, 0.6) is 0 Å². The Morgan fingerprint density at radius 1 is 1.44 bits per heavy atom. The van der Waals surface area contributed by atoms with Crippen LogP contribution in [-0.2, 0) is 9.53 Å². The third kappa shape index (κ3) is 2.74. The van der Waals surface area contributed by atoms with Gasteiger partial charge in [0.2, 0.25) is 0 Å². The molecule has 1 amide bonds. The molecule has 0 aromatic carbocycles. The topological polar surface area (TPSA) is 46.6 Å². The van der Waals surface area contributed by atoms with E-state index in [9.17, 15) is 9.59 Å². The molecular formula is C12H21NO3. The monoisotopic (exact) mass is 227 g/mol. The van der Waals surface area contributed by atoms with Crippen LogP contribution in [0.3, 0.4) is 0 Å². The molecule has 0 bridgehead atoms. The fraction of sp³-hybridized carbons (Fsp3) is 0.833. The van der Waals surface area contributed by atoms with Gasteiger partial charge in [-0.2, -0.15) is 0 Å². The van der Waals surface area contributed by atoms with Gasteiger partial charge in [-0.1, -0.05) is 0 Å². The van der Waals surface area contributed by atoms with Gasteiger partial charge >= 0.3 is 6.09 Å². The highest BCUT2D eigenvalue weighted by atomic mass is 16.6. The summed E-state index contributed by atoms with van der Waals surface area (Å²) in [5.74, 6) is 0. The minimum absolute atomic E-state index is 0.298. The molecule has 1 atom stereocenters. The van der Waals surface area contributed by atoms with E-state index in [0.717, 1.165) is 19.1 Å². The van der Waals surface area contributed by atoms with E-state index in [1.54, 1.807) is 4.90 Å². The lowest BCUT2D eigenvalue weighted by atomic mass is 10.0. The number of hydrogen-bond acceptors (Lipinski definition) is 3. The second-order valence-corrected chi connectivity index (χ2v) is 5.90. The fourth-order valence-electron chi connectivity index (χ4n) is 2.02. The van der Waals surface area contributed by atoms with E-state index in [1.807, 2.05) is 34.6 Å². The molecular weight excluding hydrogens is 206 g/mol. The van der Waals surface area contributed by atoms with Crippen molar-refractivity contribution in [3.05, 3.63) is 0 Å². The van der Waals surface area contributed by atoms with Gasteiger partial charge in [-0.25, -0.2) is 4.79 Å². The number of likely N-dealkylation sites (tertiary alicyclic amines) is 1. The smallest absolute Gasteiger partial charge is 0.411 e. The first-order valence-electron chi connectivity index (χ1n) is 5.65. The summed E-state index contributed by atoms with van der Waals surface area (Å²) in [5.41, 5.74) is -0.822. The highest BCUT2D eigenvalue weighted by molar-refractivity contribution is 5.75. The minimum Gasteiger partial charge on any atom is -0.444 e. The van der Waals surface area contributed by atoms with Crippen LogP contribution in [0, 0.1) is 0 Å². The normalized spacial score (nSPS) is 24.3. The molecule has 92 valence electrons. The van der Waals surface area contributed by atoms with Crippen molar-refractivity contribution in [2.24, 2.45) is 0 Å². The van der Waals surface area contributed by atoms with Crippen molar-refractivity contribution < 1.29 is 14.3 Å². The average molecular weight is 227 g/mol. The highest BCUT2D eigenvalue weighted by Gasteiger charge is 2.44. The van der Waals surface area contributed by atoms with E-state index in [2.05, 4.69) is 0 Å². The van der Waals surface area contributed by atoms with Crippen LogP contribution in [0.1, 0.15) is 47.5 Å². The lowest BCUT2D eigenvalue weighted by Crippen LogP contribution is -2.49. The van der Waals surface area contributed by atoms with Gasteiger partial charge < -0.3 is 9.53 Å². The first-order chi connectivity index (χ1) is 7.17. The van der Waals surface area contributed by atoms with E-state index in [0.29, 0.717) is 0 Å². The van der Waals surface area contributed by atoms with E-state index in [-0.39, 0.29) is 11.6 Å². The summed E-state index contributed by atoms with van der Waals surface area (Å²) in [7, 11) is 0. The van der Waals surface area contributed by atoms with Gasteiger partial charge in [-0.05, 0) is 47.5 Å². The molecule has 0 saturated carbocycles. The molecule has 1 aliphatic rings. The van der Waals surface area contributed by atoms with E-state index < -0.39 is 11.7 Å². The van der Waals surface area contributed by atoms with Gasteiger partial charge in [-0.3, -0.25) is 4.90 Å². The van der Waals surface area contributed by atoms with Crippen LogP contribution in [0.2, 0.25) is 0 Å². The second-order valence-electron chi connectivity index (χ2n) is 5.90. The van der Waals surface area contributed by atoms with Crippen molar-refractivity contribution in [3.63, 3.8) is 0 Å². The van der Waals surface area contributed by atoms with Crippen LogP contribution < -0.4 is 0 Å². The van der Waals surface area contributed by atoms with Crippen LogP contribution >= 0.6 is 0 Å². The molecule has 0 N–H and O–H groups in total. The van der Waals surface area contributed by atoms with Gasteiger partial charge in [-0.15, -0.1) is 0 Å². The van der Waals surface area contributed by atoms with Crippen molar-refractivity contribution in [2.45, 2.75) is 64.6 Å². The largest absolute Gasteiger partial charge is 0.444 e. The van der Waals surface area contributed by atoms with Crippen LogP contribution in [0.25, 0.3) is 0 Å². The summed E-state index contributed by atoms with van der Waals surface area (Å²) in [6, 6.07) is -0.343. The van der Waals surface area contributed by atoms with Crippen molar-refractivity contribution in [1.29, 1.82) is 0 Å². The Kier molecular flexibility index (Phi) is 3.31. The summed E-state index contributed by atoms with van der Waals surface area (Å²) < 4.78 is 5.32. The Labute approximate surface area is 96.9 Å². The lowest BCUT2D eigenvalue weighted by Gasteiger charge is -2.35. The molecule has 0 aromatic heterocycles. The number of amides is 1. The molecule has 1 unspecified atom stereocenters. The maximum atomic E-state index is 12.0. The zero-order valence-electron chi connectivity index (χ0n) is 10.7. The Hall–Kier alpha value is -1.06. The molecule has 1 heterocycles. The number of rotatable bonds is 1. The zero-order valence-corrected chi connectivity index (χ0v) is 10.7. The molecule has 0 aliphatic carbocycles. The van der Waals surface area contributed by atoms with Gasteiger partial charge in [0.25, 0.3) is 0 Å². The summed E-state index contributed by atoms with van der Waals surface area (Å²) in [6.07, 6.45) is 1.98. The minimum atomic E-state index is -0.525. The molecule has 0 aromatic rings. The summed E-state index contributed by atoms with van der Waals surface area (Å²) in [4.78, 5) is 24.5. The molecule has 16 heavy (non-hydrogen) atoms. The number of nitrogens with zero attached hydrogens (tertiary/aromatic N) is 1. The molecule has 1 aliphatic heterocycles. The summed E-state index contributed by atoms with van der Waals surface area (Å²) >= 11 is 0. The number of carbonyl (C=O) groups excluding carboxylic acids is 2. The van der Waals surface area contributed by atoms with Crippen LogP contribution in [0.4, 0.5) is 4.79 Å². The maximum absolute atomic E-state index is 12.0. The van der Waals surface area contributed by atoms with E-state index in [1.165, 1.54) is 0 Å². The zero-order chi connectivity index (χ0) is 12.6.